The number of thiazole rings is 1. The Morgan fingerprint density at radius 3 is 2.57 bits per heavy atom. The van der Waals surface area contributed by atoms with Gasteiger partial charge in [0.1, 0.15) is 37.1 Å². The van der Waals surface area contributed by atoms with Gasteiger partial charge < -0.3 is 24.1 Å². The number of carbonyl (C=O) groups excluding carboxylic acids is 2. The second-order valence-corrected chi connectivity index (χ2v) is 11.2. The van der Waals surface area contributed by atoms with E-state index in [0.717, 1.165) is 10.3 Å². The summed E-state index contributed by atoms with van der Waals surface area (Å²) in [4.78, 5) is 33.6. The highest BCUT2D eigenvalue weighted by atomic mass is 32.1. The number of aliphatic hydroxyl groups excluding tert-OH is 1. The van der Waals surface area contributed by atoms with Crippen molar-refractivity contribution < 1.29 is 33.6 Å². The summed E-state index contributed by atoms with van der Waals surface area (Å²) in [6.07, 6.45) is 0. The van der Waals surface area contributed by atoms with Crippen LogP contribution in [0.4, 0.5) is 5.13 Å². The molecule has 1 aromatic heterocycles. The van der Waals surface area contributed by atoms with Crippen molar-refractivity contribution in [2.24, 2.45) is 0 Å². The number of aliphatic hydroxyl groups is 1. The molecule has 0 saturated carbocycles. The van der Waals surface area contributed by atoms with Crippen molar-refractivity contribution in [3.63, 3.8) is 0 Å². The molecule has 1 N–H and O–H groups in total. The normalized spacial score (nSPS) is 17.2. The number of methoxy groups -OCH3 is 1. The second kappa shape index (κ2) is 11.4. The summed E-state index contributed by atoms with van der Waals surface area (Å²) in [7, 11) is 1.58. The van der Waals surface area contributed by atoms with Gasteiger partial charge in [0.2, 0.25) is 0 Å². The molecule has 1 saturated heterocycles. The number of ether oxygens (including phenoxy) is 4. The lowest BCUT2D eigenvalue weighted by atomic mass is 9.95. The smallest absolute Gasteiger partial charge is 0.301 e. The van der Waals surface area contributed by atoms with Crippen LogP contribution in [0.3, 0.4) is 0 Å². The first-order chi connectivity index (χ1) is 21.5. The van der Waals surface area contributed by atoms with E-state index < -0.39 is 17.7 Å². The molecule has 0 radical (unpaired) electrons. The monoisotopic (exact) mass is 606 g/mol. The number of carbonyl (C=O) groups is 2. The Kier molecular flexibility index (Phi) is 7.11. The largest absolute Gasteiger partial charge is 0.507 e. The Labute approximate surface area is 256 Å². The van der Waals surface area contributed by atoms with Crippen LogP contribution in [0.1, 0.15) is 22.7 Å². The summed E-state index contributed by atoms with van der Waals surface area (Å²) in [5.41, 5.74) is 2.47. The molecule has 4 aromatic carbocycles. The second-order valence-electron chi connectivity index (χ2n) is 10.2. The van der Waals surface area contributed by atoms with Gasteiger partial charge in [-0.3, -0.25) is 14.5 Å². The van der Waals surface area contributed by atoms with Gasteiger partial charge in [-0.05, 0) is 59.7 Å². The van der Waals surface area contributed by atoms with Crippen LogP contribution in [-0.2, 0) is 16.2 Å². The number of ketones is 1. The van der Waals surface area contributed by atoms with Gasteiger partial charge in [0, 0.05) is 5.56 Å². The molecule has 220 valence electrons. The molecule has 1 amide bonds. The number of amides is 1. The SMILES string of the molecule is COc1ccc2nc(N3C(=O)C(=O)/C(=C(/O)c4ccc5c(c4)OCCO5)[C@H]3c3cccc(OCc4ccccc4)c3)sc2c1. The van der Waals surface area contributed by atoms with Gasteiger partial charge in [0.25, 0.3) is 5.78 Å². The number of rotatable bonds is 7. The fourth-order valence-electron chi connectivity index (χ4n) is 5.33. The Hall–Kier alpha value is -5.35. The average molecular weight is 607 g/mol. The molecule has 2 aliphatic rings. The van der Waals surface area contributed by atoms with E-state index in [0.29, 0.717) is 64.6 Å². The summed E-state index contributed by atoms with van der Waals surface area (Å²) in [5, 5.41) is 12.0. The molecular weight excluding hydrogens is 580 g/mol. The Bertz CT molecular complexity index is 1940. The highest BCUT2D eigenvalue weighted by Crippen LogP contribution is 2.46. The lowest BCUT2D eigenvalue weighted by Gasteiger charge is -2.24. The van der Waals surface area contributed by atoms with Crippen molar-refractivity contribution in [3.05, 3.63) is 113 Å². The molecule has 1 fully saturated rings. The minimum Gasteiger partial charge on any atom is -0.507 e. The highest BCUT2D eigenvalue weighted by molar-refractivity contribution is 7.22. The standard InChI is InChI=1S/C34H26N2O7S/c1-40-23-11-12-25-28(18-23)44-34(35-25)36-30(21-8-5-9-24(16-21)43-19-20-6-3-2-4-7-20)29(32(38)33(36)39)31(37)22-10-13-26-27(17-22)42-15-14-41-26/h2-13,16-18,30,37H,14-15,19H2,1H3/b31-29+/t30-/m1/s1. The zero-order chi connectivity index (χ0) is 30.2. The number of benzene rings is 4. The molecule has 3 heterocycles. The molecule has 0 unspecified atom stereocenters. The number of anilines is 1. The third kappa shape index (κ3) is 4.99. The Morgan fingerprint density at radius 1 is 0.932 bits per heavy atom. The Morgan fingerprint density at radius 2 is 1.75 bits per heavy atom. The highest BCUT2D eigenvalue weighted by Gasteiger charge is 2.48. The van der Waals surface area contributed by atoms with Gasteiger partial charge in [0.05, 0.1) is 28.9 Å². The molecule has 44 heavy (non-hydrogen) atoms. The van der Waals surface area contributed by atoms with Crippen molar-refractivity contribution in [2.75, 3.05) is 25.2 Å². The molecule has 2 aliphatic heterocycles. The predicted molar refractivity (Wildman–Crippen MR) is 166 cm³/mol. The van der Waals surface area contributed by atoms with Crippen LogP contribution in [0.2, 0.25) is 0 Å². The fourth-order valence-corrected chi connectivity index (χ4v) is 6.35. The van der Waals surface area contributed by atoms with Crippen molar-refractivity contribution in [1.29, 1.82) is 0 Å². The lowest BCUT2D eigenvalue weighted by Crippen LogP contribution is -2.29. The molecule has 0 aliphatic carbocycles. The van der Waals surface area contributed by atoms with Crippen LogP contribution < -0.4 is 23.8 Å². The third-order valence-electron chi connectivity index (χ3n) is 7.47. The van der Waals surface area contributed by atoms with Crippen LogP contribution in [0, 0.1) is 0 Å². The van der Waals surface area contributed by atoms with Gasteiger partial charge in [0.15, 0.2) is 16.6 Å². The van der Waals surface area contributed by atoms with Gasteiger partial charge >= 0.3 is 5.91 Å². The van der Waals surface area contributed by atoms with Crippen LogP contribution >= 0.6 is 11.3 Å². The van der Waals surface area contributed by atoms with E-state index in [4.69, 9.17) is 23.9 Å². The molecule has 9 nitrogen and oxygen atoms in total. The van der Waals surface area contributed by atoms with Crippen molar-refractivity contribution >= 4 is 44.1 Å². The van der Waals surface area contributed by atoms with E-state index >= 15 is 0 Å². The first kappa shape index (κ1) is 27.5. The van der Waals surface area contributed by atoms with E-state index in [9.17, 15) is 14.7 Å². The molecule has 7 rings (SSSR count). The zero-order valence-electron chi connectivity index (χ0n) is 23.6. The molecule has 1 atom stereocenters. The minimum atomic E-state index is -0.981. The molecule has 5 aromatic rings. The topological polar surface area (TPSA) is 107 Å². The van der Waals surface area contributed by atoms with Crippen molar-refractivity contribution in [3.8, 4) is 23.0 Å². The predicted octanol–water partition coefficient (Wildman–Crippen LogP) is 6.28. The molecule has 10 heteroatoms. The number of aromatic nitrogens is 1. The van der Waals surface area contributed by atoms with Gasteiger partial charge in [-0.25, -0.2) is 4.98 Å². The van der Waals surface area contributed by atoms with Gasteiger partial charge in [-0.2, -0.15) is 0 Å². The van der Waals surface area contributed by atoms with E-state index in [1.807, 2.05) is 42.5 Å². The lowest BCUT2D eigenvalue weighted by molar-refractivity contribution is -0.132. The molecule has 0 spiro atoms. The van der Waals surface area contributed by atoms with Gasteiger partial charge in [-0.1, -0.05) is 53.8 Å². The summed E-state index contributed by atoms with van der Waals surface area (Å²) < 4.78 is 23.5. The number of fused-ring (bicyclic) bond motifs is 2. The summed E-state index contributed by atoms with van der Waals surface area (Å²) in [5.74, 6) is 0.232. The van der Waals surface area contributed by atoms with E-state index in [1.165, 1.54) is 16.2 Å². The number of hydrogen-bond donors (Lipinski definition) is 1. The van der Waals surface area contributed by atoms with E-state index in [1.54, 1.807) is 55.6 Å². The van der Waals surface area contributed by atoms with Crippen LogP contribution in [0.25, 0.3) is 16.0 Å². The van der Waals surface area contributed by atoms with Gasteiger partial charge in [-0.15, -0.1) is 0 Å². The molecule has 0 bridgehead atoms. The van der Waals surface area contributed by atoms with Crippen LogP contribution in [-0.4, -0.2) is 42.1 Å². The maximum absolute atomic E-state index is 13.8. The number of hydrogen-bond acceptors (Lipinski definition) is 9. The fraction of sp³-hybridized carbons (Fsp3) is 0.147. The van der Waals surface area contributed by atoms with Crippen molar-refractivity contribution in [1.82, 2.24) is 4.98 Å². The van der Waals surface area contributed by atoms with Crippen molar-refractivity contribution in [2.45, 2.75) is 12.6 Å². The number of nitrogens with zero attached hydrogens (tertiary/aromatic N) is 2. The zero-order valence-corrected chi connectivity index (χ0v) is 24.4. The van der Waals surface area contributed by atoms with E-state index in [2.05, 4.69) is 0 Å². The number of Topliss-reactive ketones (excluding diaryl/α,β-unsaturated/α-hetero) is 1. The first-order valence-electron chi connectivity index (χ1n) is 13.9. The van der Waals surface area contributed by atoms with Crippen LogP contribution in [0.15, 0.2) is 96.6 Å². The van der Waals surface area contributed by atoms with Crippen LogP contribution in [0.5, 0.6) is 23.0 Å². The summed E-state index contributed by atoms with van der Waals surface area (Å²) in [6, 6.07) is 26.3. The summed E-state index contributed by atoms with van der Waals surface area (Å²) in [6.45, 7) is 1.11. The summed E-state index contributed by atoms with van der Waals surface area (Å²) >= 11 is 1.26. The quantitative estimate of drug-likeness (QED) is 0.131. The Balaban J connectivity index is 1.35. The maximum atomic E-state index is 13.8. The maximum Gasteiger partial charge on any atom is 0.301 e. The third-order valence-corrected chi connectivity index (χ3v) is 8.49. The first-order valence-corrected chi connectivity index (χ1v) is 14.7. The van der Waals surface area contributed by atoms with E-state index in [-0.39, 0.29) is 11.3 Å². The minimum absolute atomic E-state index is 0.0660. The average Bonchev–Trinajstić information content (AvgIpc) is 3.61. The molecular formula is C34H26N2O7S.